The molecule has 132 valence electrons. The van der Waals surface area contributed by atoms with Crippen molar-refractivity contribution in [1.29, 1.82) is 0 Å². The Labute approximate surface area is 158 Å². The minimum Gasteiger partial charge on any atom is -0.443 e. The van der Waals surface area contributed by atoms with Crippen LogP contribution in [0.15, 0.2) is 33.9 Å². The van der Waals surface area contributed by atoms with E-state index in [0.717, 1.165) is 42.3 Å². The standard InChI is InChI=1S/C19H16BrFN4O/c20-15-1-2-16(21)13-9-17(23-10-14(13)15)24-18-22-6-5-19(26-18)11-25-7-3-12(19)4-8-25/h1-2,9-10,12H,3-4,7-8,11H2,(H,22,23,24)/t19-/m0/s1. The van der Waals surface area contributed by atoms with Crippen molar-refractivity contribution in [3.05, 3.63) is 34.7 Å². The van der Waals surface area contributed by atoms with Crippen LogP contribution in [-0.4, -0.2) is 41.1 Å². The summed E-state index contributed by atoms with van der Waals surface area (Å²) in [4.78, 5) is 10.9. The van der Waals surface area contributed by atoms with Gasteiger partial charge in [0.05, 0.1) is 6.54 Å². The van der Waals surface area contributed by atoms with Gasteiger partial charge in [-0.2, -0.15) is 0 Å². The zero-order valence-corrected chi connectivity index (χ0v) is 15.5. The van der Waals surface area contributed by atoms with Crippen LogP contribution in [0.2, 0.25) is 0 Å². The Bertz CT molecular complexity index is 990. The highest BCUT2D eigenvalue weighted by molar-refractivity contribution is 9.10. The Hall–Kier alpha value is -2.17. The van der Waals surface area contributed by atoms with Crippen LogP contribution in [0.25, 0.3) is 10.8 Å². The number of aliphatic imine (C=N–C) groups is 1. The fourth-order valence-electron chi connectivity index (χ4n) is 4.07. The fourth-order valence-corrected chi connectivity index (χ4v) is 4.52. The highest BCUT2D eigenvalue weighted by Gasteiger charge is 2.49. The van der Waals surface area contributed by atoms with Crippen molar-refractivity contribution in [3.8, 4) is 12.0 Å². The number of pyridine rings is 1. The second-order valence-electron chi connectivity index (χ2n) is 6.97. The van der Waals surface area contributed by atoms with Crippen LogP contribution in [0.3, 0.4) is 0 Å². The van der Waals surface area contributed by atoms with Crippen molar-refractivity contribution in [1.82, 2.24) is 9.88 Å². The quantitative estimate of drug-likeness (QED) is 0.726. The summed E-state index contributed by atoms with van der Waals surface area (Å²) in [7, 11) is 0. The Morgan fingerprint density at radius 1 is 1.31 bits per heavy atom. The van der Waals surface area contributed by atoms with Gasteiger partial charge in [-0.05, 0) is 50.1 Å². The molecule has 4 aliphatic heterocycles. The van der Waals surface area contributed by atoms with Gasteiger partial charge >= 0.3 is 6.02 Å². The van der Waals surface area contributed by atoms with Crippen molar-refractivity contribution in [2.24, 2.45) is 10.9 Å². The average molecular weight is 415 g/mol. The van der Waals surface area contributed by atoms with Gasteiger partial charge in [-0.1, -0.05) is 15.9 Å². The SMILES string of the molecule is Fc1ccc(Br)c2cnc(NC3=NC#C[C@@]4(CN5CCC4CC5)O3)cc12. The lowest BCUT2D eigenvalue weighted by Crippen LogP contribution is -2.61. The van der Waals surface area contributed by atoms with E-state index in [9.17, 15) is 4.39 Å². The van der Waals surface area contributed by atoms with Gasteiger partial charge in [0.2, 0.25) is 0 Å². The van der Waals surface area contributed by atoms with Gasteiger partial charge in [-0.25, -0.2) is 9.37 Å². The summed E-state index contributed by atoms with van der Waals surface area (Å²) in [6.07, 6.45) is 3.81. The lowest BCUT2D eigenvalue weighted by molar-refractivity contribution is -0.0630. The maximum atomic E-state index is 14.1. The molecule has 1 atom stereocenters. The number of hydrogen-bond acceptors (Lipinski definition) is 5. The van der Waals surface area contributed by atoms with E-state index < -0.39 is 5.60 Å². The van der Waals surface area contributed by atoms with Crippen LogP contribution < -0.4 is 5.32 Å². The monoisotopic (exact) mass is 414 g/mol. The second kappa shape index (κ2) is 5.93. The molecule has 4 aliphatic rings. The van der Waals surface area contributed by atoms with E-state index in [-0.39, 0.29) is 5.82 Å². The number of anilines is 1. The number of benzene rings is 1. The second-order valence-corrected chi connectivity index (χ2v) is 7.82. The maximum Gasteiger partial charge on any atom is 0.305 e. The van der Waals surface area contributed by atoms with Crippen molar-refractivity contribution in [2.75, 3.05) is 25.0 Å². The summed E-state index contributed by atoms with van der Waals surface area (Å²) in [5, 5.41) is 4.27. The van der Waals surface area contributed by atoms with E-state index in [4.69, 9.17) is 4.74 Å². The van der Waals surface area contributed by atoms with Crippen LogP contribution in [0.4, 0.5) is 10.2 Å². The molecule has 26 heavy (non-hydrogen) atoms. The van der Waals surface area contributed by atoms with Crippen LogP contribution in [0.1, 0.15) is 12.8 Å². The normalized spacial score (nSPS) is 29.1. The summed E-state index contributed by atoms with van der Waals surface area (Å²) >= 11 is 3.42. The fraction of sp³-hybridized carbons (Fsp3) is 0.368. The topological polar surface area (TPSA) is 49.8 Å². The van der Waals surface area contributed by atoms with Crippen LogP contribution in [0.5, 0.6) is 0 Å². The molecular weight excluding hydrogens is 399 g/mol. The summed E-state index contributed by atoms with van der Waals surface area (Å²) in [6.45, 7) is 3.02. The van der Waals surface area contributed by atoms with Crippen LogP contribution in [-0.2, 0) is 4.74 Å². The lowest BCUT2D eigenvalue weighted by Gasteiger charge is -2.50. The first-order valence-corrected chi connectivity index (χ1v) is 9.44. The molecule has 2 bridgehead atoms. The first-order valence-electron chi connectivity index (χ1n) is 8.65. The van der Waals surface area contributed by atoms with Crippen LogP contribution in [0, 0.1) is 23.7 Å². The molecule has 5 nitrogen and oxygen atoms in total. The van der Waals surface area contributed by atoms with Gasteiger partial charge in [-0.15, -0.1) is 4.99 Å². The molecule has 7 heteroatoms. The Morgan fingerprint density at radius 3 is 2.92 bits per heavy atom. The number of hydrogen-bond donors (Lipinski definition) is 1. The number of ether oxygens (including phenoxy) is 1. The average Bonchev–Trinajstić information content (AvgIpc) is 2.66. The minimum absolute atomic E-state index is 0.297. The largest absolute Gasteiger partial charge is 0.443 e. The number of nitrogens with one attached hydrogen (secondary N) is 1. The predicted octanol–water partition coefficient (Wildman–Crippen LogP) is 3.36. The number of amidine groups is 1. The third-order valence-electron chi connectivity index (χ3n) is 5.44. The van der Waals surface area contributed by atoms with Crippen molar-refractivity contribution < 1.29 is 9.13 Å². The smallest absolute Gasteiger partial charge is 0.305 e. The lowest BCUT2D eigenvalue weighted by atomic mass is 9.75. The zero-order chi connectivity index (χ0) is 17.7. The number of nitrogens with zero attached hydrogens (tertiary/aromatic N) is 3. The molecule has 2 aromatic rings. The molecule has 0 saturated carbocycles. The third kappa shape index (κ3) is 2.56. The molecule has 6 rings (SSSR count). The van der Waals surface area contributed by atoms with E-state index in [1.807, 2.05) is 0 Å². The molecule has 5 heterocycles. The highest BCUT2D eigenvalue weighted by atomic mass is 79.9. The number of aromatic nitrogens is 1. The maximum absolute atomic E-state index is 14.1. The molecule has 0 aliphatic carbocycles. The Kier molecular flexibility index (Phi) is 3.66. The highest BCUT2D eigenvalue weighted by Crippen LogP contribution is 2.39. The first kappa shape index (κ1) is 16.0. The number of piperidine rings is 3. The van der Waals surface area contributed by atoms with Gasteiger partial charge in [0, 0.05) is 33.4 Å². The molecule has 1 spiro atoms. The van der Waals surface area contributed by atoms with E-state index in [0.29, 0.717) is 23.1 Å². The minimum atomic E-state index is -0.494. The summed E-state index contributed by atoms with van der Waals surface area (Å²) < 4.78 is 21.1. The van der Waals surface area contributed by atoms with E-state index >= 15 is 0 Å². The van der Waals surface area contributed by atoms with Crippen molar-refractivity contribution >= 4 is 38.5 Å². The number of rotatable bonds is 1. The third-order valence-corrected chi connectivity index (χ3v) is 6.13. The van der Waals surface area contributed by atoms with Crippen LogP contribution >= 0.6 is 15.9 Å². The molecule has 0 unspecified atom stereocenters. The Balaban J connectivity index is 1.42. The Morgan fingerprint density at radius 2 is 2.15 bits per heavy atom. The van der Waals surface area contributed by atoms with Crippen molar-refractivity contribution in [2.45, 2.75) is 18.4 Å². The zero-order valence-electron chi connectivity index (χ0n) is 13.9. The van der Waals surface area contributed by atoms with Gasteiger partial charge in [0.25, 0.3) is 0 Å². The molecule has 0 amide bonds. The molecule has 0 radical (unpaired) electrons. The summed E-state index contributed by atoms with van der Waals surface area (Å²) in [5.74, 6) is 3.80. The number of halogens is 2. The molecular formula is C19H16BrFN4O. The van der Waals surface area contributed by atoms with Gasteiger partial charge < -0.3 is 4.74 Å². The predicted molar refractivity (Wildman–Crippen MR) is 101 cm³/mol. The summed E-state index contributed by atoms with van der Waals surface area (Å²) in [5.41, 5.74) is -0.494. The molecule has 3 saturated heterocycles. The summed E-state index contributed by atoms with van der Waals surface area (Å²) in [6, 6.07) is 7.97. The molecule has 1 aromatic carbocycles. The molecule has 3 fully saturated rings. The van der Waals surface area contributed by atoms with Gasteiger partial charge in [0.1, 0.15) is 11.6 Å². The first-order chi connectivity index (χ1) is 12.6. The van der Waals surface area contributed by atoms with E-state index in [1.165, 1.54) is 6.07 Å². The van der Waals surface area contributed by atoms with Gasteiger partial charge in [-0.3, -0.25) is 10.2 Å². The molecule has 1 aromatic heterocycles. The van der Waals surface area contributed by atoms with Gasteiger partial charge in [0.15, 0.2) is 5.60 Å². The van der Waals surface area contributed by atoms with Crippen molar-refractivity contribution in [3.63, 3.8) is 0 Å². The van der Waals surface area contributed by atoms with E-state index in [2.05, 4.69) is 48.1 Å². The van der Waals surface area contributed by atoms with E-state index in [1.54, 1.807) is 18.3 Å². The number of fused-ring (bicyclic) bond motifs is 3. The molecule has 1 N–H and O–H groups in total.